The van der Waals surface area contributed by atoms with Crippen molar-refractivity contribution in [1.29, 1.82) is 0 Å². The quantitative estimate of drug-likeness (QED) is 0.390. The second kappa shape index (κ2) is 4.40. The number of hydrogen-bond donors (Lipinski definition) is 1. The lowest BCUT2D eigenvalue weighted by Crippen LogP contribution is -2.27. The van der Waals surface area contributed by atoms with E-state index in [2.05, 4.69) is 15.3 Å². The molecule has 0 aromatic heterocycles. The van der Waals surface area contributed by atoms with Crippen molar-refractivity contribution in [3.63, 3.8) is 0 Å². The third kappa shape index (κ3) is 2.06. The van der Waals surface area contributed by atoms with Gasteiger partial charge in [0, 0.05) is 16.2 Å². The van der Waals surface area contributed by atoms with E-state index in [0.717, 1.165) is 11.3 Å². The number of nitrogens with zero attached hydrogens (tertiary/aromatic N) is 3. The van der Waals surface area contributed by atoms with Crippen LogP contribution in [0.4, 0.5) is 5.69 Å². The van der Waals surface area contributed by atoms with Crippen LogP contribution >= 0.6 is 0 Å². The molecule has 1 atom stereocenters. The molecule has 1 aromatic rings. The first-order valence-electron chi connectivity index (χ1n) is 5.92. The van der Waals surface area contributed by atoms with Gasteiger partial charge in [0.2, 0.25) is 5.91 Å². The largest absolute Gasteiger partial charge is 0.325 e. The summed E-state index contributed by atoms with van der Waals surface area (Å²) in [7, 11) is 0. The van der Waals surface area contributed by atoms with E-state index in [-0.39, 0.29) is 11.7 Å². The van der Waals surface area contributed by atoms with Crippen LogP contribution in [0, 0.1) is 0 Å². The molecule has 0 aliphatic carbocycles. The van der Waals surface area contributed by atoms with E-state index in [1.165, 1.54) is 0 Å². The Morgan fingerprint density at radius 1 is 1.47 bits per heavy atom. The van der Waals surface area contributed by atoms with E-state index in [0.29, 0.717) is 5.56 Å². The van der Waals surface area contributed by atoms with Crippen LogP contribution in [-0.2, 0) is 10.2 Å². The Hall–Kier alpha value is -2.33. The molecule has 1 N–H and O–H groups in total. The molecule has 0 radical (unpaired) electrons. The molecule has 1 amide bonds. The number of amides is 1. The number of hydrogen-bond acceptors (Lipinski definition) is 3. The van der Waals surface area contributed by atoms with Crippen LogP contribution < -0.4 is 5.32 Å². The summed E-state index contributed by atoms with van der Waals surface area (Å²) < 4.78 is 0. The number of ketones is 1. The topological polar surface area (TPSA) is 94.9 Å². The van der Waals surface area contributed by atoms with Gasteiger partial charge in [0.05, 0.1) is 11.5 Å². The number of Topliss-reactive ketones (excluding diaryl/α,β-unsaturated/α-hetero) is 1. The summed E-state index contributed by atoms with van der Waals surface area (Å²) in [6.45, 7) is 5.16. The monoisotopic (exact) mass is 258 g/mol. The Labute approximate surface area is 110 Å². The number of nitrogens with one attached hydrogen (secondary N) is 1. The van der Waals surface area contributed by atoms with E-state index in [1.54, 1.807) is 39.0 Å². The molecule has 0 saturated carbocycles. The van der Waals surface area contributed by atoms with Crippen molar-refractivity contribution in [2.45, 2.75) is 32.2 Å². The van der Waals surface area contributed by atoms with Crippen molar-refractivity contribution in [2.24, 2.45) is 5.11 Å². The minimum atomic E-state index is -0.753. The van der Waals surface area contributed by atoms with Gasteiger partial charge in [0.1, 0.15) is 0 Å². The first-order valence-corrected chi connectivity index (χ1v) is 5.92. The average molecular weight is 258 g/mol. The summed E-state index contributed by atoms with van der Waals surface area (Å²) >= 11 is 0. The average Bonchev–Trinajstić information content (AvgIpc) is 2.59. The highest BCUT2D eigenvalue weighted by Crippen LogP contribution is 2.37. The van der Waals surface area contributed by atoms with E-state index < -0.39 is 11.5 Å². The normalized spacial score (nSPS) is 17.1. The van der Waals surface area contributed by atoms with Crippen molar-refractivity contribution in [1.82, 2.24) is 0 Å². The van der Waals surface area contributed by atoms with Crippen LogP contribution in [0.5, 0.6) is 0 Å². The Morgan fingerprint density at radius 3 is 2.79 bits per heavy atom. The van der Waals surface area contributed by atoms with Crippen molar-refractivity contribution in [3.8, 4) is 0 Å². The number of benzene rings is 1. The van der Waals surface area contributed by atoms with Gasteiger partial charge >= 0.3 is 0 Å². The molecule has 1 aromatic carbocycles. The van der Waals surface area contributed by atoms with Crippen LogP contribution in [0.15, 0.2) is 23.3 Å². The standard InChI is InChI=1S/C13H14N4O2/c1-7(16-17-14)11(18)8-4-5-10-9(6-8)13(2,3)12(19)15-10/h4-7H,1-3H3,(H,15,19). The highest BCUT2D eigenvalue weighted by molar-refractivity contribution is 6.07. The lowest BCUT2D eigenvalue weighted by Gasteiger charge is -2.15. The molecule has 1 heterocycles. The van der Waals surface area contributed by atoms with Gasteiger partial charge in [-0.2, -0.15) is 0 Å². The number of rotatable bonds is 3. The van der Waals surface area contributed by atoms with Crippen LogP contribution in [0.3, 0.4) is 0 Å². The lowest BCUT2D eigenvalue weighted by atomic mass is 9.85. The maximum atomic E-state index is 12.1. The summed E-state index contributed by atoms with van der Waals surface area (Å²) in [6.07, 6.45) is 0. The van der Waals surface area contributed by atoms with Crippen LogP contribution in [0.25, 0.3) is 10.4 Å². The Kier molecular flexibility index (Phi) is 3.04. The second-order valence-corrected chi connectivity index (χ2v) is 5.08. The first kappa shape index (κ1) is 13.1. The third-order valence-electron chi connectivity index (χ3n) is 3.40. The molecular formula is C13H14N4O2. The van der Waals surface area contributed by atoms with E-state index in [1.807, 2.05) is 0 Å². The number of fused-ring (bicyclic) bond motifs is 1. The summed E-state index contributed by atoms with van der Waals surface area (Å²) in [6, 6.07) is 4.28. The van der Waals surface area contributed by atoms with Crippen molar-refractivity contribution >= 4 is 17.4 Å². The molecule has 6 nitrogen and oxygen atoms in total. The maximum absolute atomic E-state index is 12.1. The third-order valence-corrected chi connectivity index (χ3v) is 3.40. The fourth-order valence-electron chi connectivity index (χ4n) is 2.10. The van der Waals surface area contributed by atoms with Gasteiger partial charge in [-0.25, -0.2) is 0 Å². The predicted octanol–water partition coefficient (Wildman–Crippen LogP) is 2.80. The molecule has 0 spiro atoms. The van der Waals surface area contributed by atoms with Gasteiger partial charge in [-0.05, 0) is 50.1 Å². The number of anilines is 1. The van der Waals surface area contributed by atoms with Crippen LogP contribution in [0.1, 0.15) is 36.7 Å². The molecular weight excluding hydrogens is 244 g/mol. The summed E-state index contributed by atoms with van der Waals surface area (Å²) in [5.74, 6) is -0.342. The Bertz CT molecular complexity index is 615. The number of carbonyl (C=O) groups is 2. The number of carbonyl (C=O) groups excluding carboxylic acids is 2. The fraction of sp³-hybridized carbons (Fsp3) is 0.385. The van der Waals surface area contributed by atoms with Crippen molar-refractivity contribution < 1.29 is 9.59 Å². The van der Waals surface area contributed by atoms with E-state index in [9.17, 15) is 9.59 Å². The van der Waals surface area contributed by atoms with E-state index >= 15 is 0 Å². The van der Waals surface area contributed by atoms with Gasteiger partial charge < -0.3 is 5.32 Å². The lowest BCUT2D eigenvalue weighted by molar-refractivity contribution is -0.119. The van der Waals surface area contributed by atoms with Crippen molar-refractivity contribution in [2.75, 3.05) is 5.32 Å². The zero-order valence-corrected chi connectivity index (χ0v) is 11.0. The zero-order valence-electron chi connectivity index (χ0n) is 11.0. The minimum Gasteiger partial charge on any atom is -0.325 e. The van der Waals surface area contributed by atoms with Gasteiger partial charge in [0.25, 0.3) is 0 Å². The molecule has 19 heavy (non-hydrogen) atoms. The Balaban J connectivity index is 2.43. The molecule has 6 heteroatoms. The molecule has 0 fully saturated rings. The van der Waals surface area contributed by atoms with Gasteiger partial charge in [0.15, 0.2) is 5.78 Å². The molecule has 2 rings (SSSR count). The first-order chi connectivity index (χ1) is 8.87. The van der Waals surface area contributed by atoms with Gasteiger partial charge in [-0.15, -0.1) is 0 Å². The fourth-order valence-corrected chi connectivity index (χ4v) is 2.10. The predicted molar refractivity (Wildman–Crippen MR) is 71.0 cm³/mol. The molecule has 0 bridgehead atoms. The molecule has 1 aliphatic rings. The molecule has 1 aliphatic heterocycles. The highest BCUT2D eigenvalue weighted by atomic mass is 16.2. The smallest absolute Gasteiger partial charge is 0.234 e. The van der Waals surface area contributed by atoms with Crippen LogP contribution in [0.2, 0.25) is 0 Å². The van der Waals surface area contributed by atoms with Gasteiger partial charge in [-0.1, -0.05) is 5.11 Å². The van der Waals surface area contributed by atoms with E-state index in [4.69, 9.17) is 5.53 Å². The zero-order chi connectivity index (χ0) is 14.2. The van der Waals surface area contributed by atoms with Crippen molar-refractivity contribution in [3.05, 3.63) is 39.8 Å². The maximum Gasteiger partial charge on any atom is 0.234 e. The van der Waals surface area contributed by atoms with Gasteiger partial charge in [-0.3, -0.25) is 9.59 Å². The summed E-state index contributed by atoms with van der Waals surface area (Å²) in [4.78, 5) is 26.5. The SMILES string of the molecule is CC(N=[N+]=[N-])C(=O)c1ccc2c(c1)C(C)(C)C(=O)N2. The Morgan fingerprint density at radius 2 is 2.16 bits per heavy atom. The van der Waals surface area contributed by atoms with Crippen LogP contribution in [-0.4, -0.2) is 17.7 Å². The molecule has 0 saturated heterocycles. The molecule has 98 valence electrons. The number of azide groups is 1. The summed E-state index contributed by atoms with van der Waals surface area (Å²) in [5.41, 5.74) is 9.66. The summed E-state index contributed by atoms with van der Waals surface area (Å²) in [5, 5.41) is 6.17. The highest BCUT2D eigenvalue weighted by Gasteiger charge is 2.38. The minimum absolute atomic E-state index is 0.0878. The molecule has 1 unspecified atom stereocenters. The second-order valence-electron chi connectivity index (χ2n) is 5.08.